The molecule has 0 aliphatic carbocycles. The van der Waals surface area contributed by atoms with Crippen molar-refractivity contribution in [2.24, 2.45) is 0 Å². The summed E-state index contributed by atoms with van der Waals surface area (Å²) in [6.45, 7) is 5.87. The summed E-state index contributed by atoms with van der Waals surface area (Å²) < 4.78 is 16.1. The number of fused-ring (bicyclic) bond motifs is 1. The van der Waals surface area contributed by atoms with Gasteiger partial charge in [-0.15, -0.1) is 22.7 Å². The summed E-state index contributed by atoms with van der Waals surface area (Å²) in [4.78, 5) is 27.1. The van der Waals surface area contributed by atoms with Crippen molar-refractivity contribution in [1.82, 2.24) is 20.2 Å². The summed E-state index contributed by atoms with van der Waals surface area (Å²) in [5.41, 5.74) is 0.831. The van der Waals surface area contributed by atoms with Gasteiger partial charge in [0.2, 0.25) is 5.88 Å². The highest BCUT2D eigenvalue weighted by Crippen LogP contribution is 2.35. The molecule has 3 aromatic rings. The highest BCUT2D eigenvalue weighted by Gasteiger charge is 2.26. The highest BCUT2D eigenvalue weighted by molar-refractivity contribution is 7.20. The number of nitrogens with zero attached hydrogens (tertiary/aromatic N) is 3. The van der Waals surface area contributed by atoms with Crippen molar-refractivity contribution in [3.05, 3.63) is 38.7 Å². The first-order chi connectivity index (χ1) is 15.1. The first-order valence-corrected chi connectivity index (χ1v) is 11.8. The van der Waals surface area contributed by atoms with E-state index in [1.54, 1.807) is 25.6 Å². The predicted octanol–water partition coefficient (Wildman–Crippen LogP) is 3.02. The second kappa shape index (κ2) is 10.0. The van der Waals surface area contributed by atoms with Crippen LogP contribution in [0.3, 0.4) is 0 Å². The molecule has 1 N–H and O–H groups in total. The molecule has 4 heterocycles. The quantitative estimate of drug-likeness (QED) is 0.551. The summed E-state index contributed by atoms with van der Waals surface area (Å²) >= 11 is 3.07. The van der Waals surface area contributed by atoms with Gasteiger partial charge in [0.25, 0.3) is 5.91 Å². The molecule has 0 radical (unpaired) electrons. The minimum absolute atomic E-state index is 0.106. The fourth-order valence-electron chi connectivity index (χ4n) is 3.75. The molecule has 3 aromatic heterocycles. The van der Waals surface area contributed by atoms with Gasteiger partial charge in [-0.05, 0) is 23.9 Å². The molecular weight excluding hydrogens is 436 g/mol. The molecule has 1 atom stereocenters. The Morgan fingerprint density at radius 1 is 1.32 bits per heavy atom. The fraction of sp³-hybridized carbons (Fsp3) is 0.476. The predicted molar refractivity (Wildman–Crippen MR) is 121 cm³/mol. The molecule has 0 aromatic carbocycles. The number of ether oxygens (including phenoxy) is 3. The van der Waals surface area contributed by atoms with Crippen molar-refractivity contribution in [2.75, 3.05) is 47.1 Å². The van der Waals surface area contributed by atoms with Crippen LogP contribution in [0, 0.1) is 6.92 Å². The van der Waals surface area contributed by atoms with E-state index in [-0.39, 0.29) is 18.6 Å². The maximum absolute atomic E-state index is 13.1. The second-order valence-electron chi connectivity index (χ2n) is 7.21. The second-order valence-corrected chi connectivity index (χ2v) is 9.19. The number of aryl methyl sites for hydroxylation is 1. The van der Waals surface area contributed by atoms with Gasteiger partial charge in [-0.25, -0.2) is 4.98 Å². The van der Waals surface area contributed by atoms with E-state index in [2.05, 4.69) is 31.6 Å². The molecular formula is C21H26N4O4S2. The van der Waals surface area contributed by atoms with Crippen LogP contribution in [0.25, 0.3) is 10.2 Å². The molecule has 8 nitrogen and oxygen atoms in total. The van der Waals surface area contributed by atoms with E-state index in [1.807, 2.05) is 13.0 Å². The number of hydrogen-bond acceptors (Lipinski definition) is 9. The maximum Gasteiger partial charge on any atom is 0.261 e. The van der Waals surface area contributed by atoms with Crippen LogP contribution in [0.5, 0.6) is 5.88 Å². The van der Waals surface area contributed by atoms with Gasteiger partial charge >= 0.3 is 0 Å². The van der Waals surface area contributed by atoms with E-state index in [9.17, 15) is 4.79 Å². The largest absolute Gasteiger partial charge is 0.480 e. The van der Waals surface area contributed by atoms with E-state index in [4.69, 9.17) is 14.2 Å². The van der Waals surface area contributed by atoms with Crippen molar-refractivity contribution in [2.45, 2.75) is 19.6 Å². The lowest BCUT2D eigenvalue weighted by Gasteiger charge is -2.34. The zero-order valence-corrected chi connectivity index (χ0v) is 19.5. The average Bonchev–Trinajstić information content (AvgIpc) is 3.43. The molecule has 1 aliphatic heterocycles. The number of carbonyl (C=O) groups excluding carboxylic acids is 1. The highest BCUT2D eigenvalue weighted by atomic mass is 32.1. The van der Waals surface area contributed by atoms with E-state index >= 15 is 0 Å². The van der Waals surface area contributed by atoms with Crippen LogP contribution >= 0.6 is 22.7 Å². The molecule has 31 heavy (non-hydrogen) atoms. The Bertz CT molecular complexity index is 1030. The Morgan fingerprint density at radius 2 is 2.13 bits per heavy atom. The molecule has 1 amide bonds. The van der Waals surface area contributed by atoms with Gasteiger partial charge in [-0.3, -0.25) is 9.69 Å². The smallest absolute Gasteiger partial charge is 0.261 e. The molecule has 1 saturated heterocycles. The van der Waals surface area contributed by atoms with E-state index in [1.165, 1.54) is 16.2 Å². The van der Waals surface area contributed by atoms with Gasteiger partial charge in [-0.2, -0.15) is 4.98 Å². The average molecular weight is 463 g/mol. The van der Waals surface area contributed by atoms with Crippen molar-refractivity contribution in [3.63, 3.8) is 0 Å². The normalized spacial score (nSPS) is 15.8. The third-order valence-corrected chi connectivity index (χ3v) is 7.45. The van der Waals surface area contributed by atoms with Crippen molar-refractivity contribution >= 4 is 38.8 Å². The molecule has 10 heteroatoms. The maximum atomic E-state index is 13.1. The van der Waals surface area contributed by atoms with E-state index in [0.717, 1.165) is 28.9 Å². The first kappa shape index (κ1) is 22.1. The molecule has 0 bridgehead atoms. The number of methoxy groups -OCH3 is 2. The van der Waals surface area contributed by atoms with Crippen molar-refractivity contribution in [1.29, 1.82) is 0 Å². The van der Waals surface area contributed by atoms with Gasteiger partial charge in [0, 0.05) is 31.6 Å². The minimum atomic E-state index is -0.106. The number of amides is 1. The van der Waals surface area contributed by atoms with Crippen molar-refractivity contribution < 1.29 is 19.0 Å². The van der Waals surface area contributed by atoms with Crippen LogP contribution in [0.2, 0.25) is 0 Å². The van der Waals surface area contributed by atoms with E-state index < -0.39 is 0 Å². The molecule has 0 spiro atoms. The summed E-state index contributed by atoms with van der Waals surface area (Å²) in [6.07, 6.45) is 0. The summed E-state index contributed by atoms with van der Waals surface area (Å²) in [6, 6.07) is 4.30. The number of aromatic nitrogens is 2. The van der Waals surface area contributed by atoms with Gasteiger partial charge in [0.05, 0.1) is 36.6 Å². The van der Waals surface area contributed by atoms with Crippen molar-refractivity contribution in [3.8, 4) is 5.88 Å². The molecule has 166 valence electrons. The van der Waals surface area contributed by atoms with Crippen LogP contribution in [-0.2, 0) is 16.1 Å². The van der Waals surface area contributed by atoms with Gasteiger partial charge in [0.15, 0.2) is 5.82 Å². The molecule has 1 fully saturated rings. The molecule has 4 rings (SSSR count). The molecule has 0 saturated carbocycles. The Hall–Kier alpha value is -2.11. The van der Waals surface area contributed by atoms with Gasteiger partial charge in [0.1, 0.15) is 11.4 Å². The summed E-state index contributed by atoms with van der Waals surface area (Å²) in [5.74, 6) is 0.894. The minimum Gasteiger partial charge on any atom is -0.480 e. The Balaban J connectivity index is 1.56. The van der Waals surface area contributed by atoms with Crippen LogP contribution in [-0.4, -0.2) is 67.8 Å². The Kier molecular flexibility index (Phi) is 7.13. The number of hydrogen-bond donors (Lipinski definition) is 1. The SMILES string of the molecule is COCc1nc(OC)c2c(C)c(C(=O)NCC(c3cccs3)N3CCOCC3)sc2n1. The number of thiophene rings is 2. The third kappa shape index (κ3) is 4.73. The Labute approximate surface area is 189 Å². The van der Waals surface area contributed by atoms with Crippen LogP contribution in [0.15, 0.2) is 17.5 Å². The first-order valence-electron chi connectivity index (χ1n) is 10.1. The summed E-state index contributed by atoms with van der Waals surface area (Å²) in [7, 11) is 3.17. The number of nitrogens with one attached hydrogen (secondary N) is 1. The number of morpholine rings is 1. The third-order valence-electron chi connectivity index (χ3n) is 5.29. The summed E-state index contributed by atoms with van der Waals surface area (Å²) in [5, 5.41) is 6.00. The van der Waals surface area contributed by atoms with Crippen LogP contribution in [0.4, 0.5) is 0 Å². The van der Waals surface area contributed by atoms with Gasteiger partial charge < -0.3 is 19.5 Å². The molecule has 1 aliphatic rings. The zero-order valence-electron chi connectivity index (χ0n) is 17.8. The Morgan fingerprint density at radius 3 is 2.81 bits per heavy atom. The lowest BCUT2D eigenvalue weighted by Crippen LogP contribution is -2.43. The van der Waals surface area contributed by atoms with E-state index in [0.29, 0.717) is 36.3 Å². The lowest BCUT2D eigenvalue weighted by molar-refractivity contribution is 0.0169. The van der Waals surface area contributed by atoms with Crippen LogP contribution < -0.4 is 10.1 Å². The van der Waals surface area contributed by atoms with Crippen LogP contribution in [0.1, 0.15) is 32.0 Å². The molecule has 1 unspecified atom stereocenters. The lowest BCUT2D eigenvalue weighted by atomic mass is 10.1. The topological polar surface area (TPSA) is 85.8 Å². The van der Waals surface area contributed by atoms with Gasteiger partial charge in [-0.1, -0.05) is 6.07 Å². The monoisotopic (exact) mass is 462 g/mol. The zero-order chi connectivity index (χ0) is 21.8. The standard InChI is InChI=1S/C21H26N4O4S2/c1-13-17-20(28-3)23-16(12-27-2)24-21(17)31-18(13)19(26)22-11-14(15-5-4-10-30-15)25-6-8-29-9-7-25/h4-5,10,14H,6-9,11-12H2,1-3H3,(H,22,26). The fourth-order valence-corrected chi connectivity index (χ4v) is 5.72. The number of carbonyl (C=O) groups is 1. The number of rotatable bonds is 8.